The first-order chi connectivity index (χ1) is 7.46. The number of nitrogens with one attached hydrogen (secondary N) is 2. The molecule has 6 heteroatoms. The summed E-state index contributed by atoms with van der Waals surface area (Å²) < 4.78 is 5.23. The number of hydrogen-bond acceptors (Lipinski definition) is 3. The molecule has 1 rings (SSSR count). The van der Waals surface area contributed by atoms with Gasteiger partial charge in [-0.2, -0.15) is 0 Å². The molecule has 0 aromatic rings. The molecule has 0 aliphatic heterocycles. The van der Waals surface area contributed by atoms with E-state index >= 15 is 0 Å². The number of carbonyl (C=O) groups is 2. The number of amides is 2. The third-order valence-electron chi connectivity index (χ3n) is 2.35. The van der Waals surface area contributed by atoms with Crippen LogP contribution in [0, 0.1) is 0 Å². The SMILES string of the molecule is CC(C)OCCNC(=O)NC1(C(=O)O)CC1. The maximum atomic E-state index is 11.3. The summed E-state index contributed by atoms with van der Waals surface area (Å²) >= 11 is 0. The van der Waals surface area contributed by atoms with Gasteiger partial charge in [0.25, 0.3) is 0 Å². The van der Waals surface area contributed by atoms with Crippen molar-refractivity contribution in [2.75, 3.05) is 13.2 Å². The highest BCUT2D eigenvalue weighted by Gasteiger charge is 2.51. The summed E-state index contributed by atoms with van der Waals surface area (Å²) in [6.45, 7) is 4.61. The minimum atomic E-state index is -1.02. The Balaban J connectivity index is 2.14. The fourth-order valence-electron chi connectivity index (χ4n) is 1.24. The maximum absolute atomic E-state index is 11.3. The van der Waals surface area contributed by atoms with Gasteiger partial charge >= 0.3 is 12.0 Å². The Bertz CT molecular complexity index is 274. The molecular formula is C10H18N2O4. The van der Waals surface area contributed by atoms with Gasteiger partial charge in [0, 0.05) is 6.54 Å². The Morgan fingerprint density at radius 3 is 2.50 bits per heavy atom. The highest BCUT2D eigenvalue weighted by atomic mass is 16.5. The van der Waals surface area contributed by atoms with Crippen LogP contribution < -0.4 is 10.6 Å². The van der Waals surface area contributed by atoms with E-state index in [0.717, 1.165) is 0 Å². The Morgan fingerprint density at radius 1 is 1.44 bits per heavy atom. The van der Waals surface area contributed by atoms with Crippen LogP contribution >= 0.6 is 0 Å². The molecule has 0 atom stereocenters. The van der Waals surface area contributed by atoms with Crippen LogP contribution in [0.4, 0.5) is 4.79 Å². The minimum Gasteiger partial charge on any atom is -0.480 e. The van der Waals surface area contributed by atoms with Crippen molar-refractivity contribution < 1.29 is 19.4 Å². The largest absolute Gasteiger partial charge is 0.480 e. The Morgan fingerprint density at radius 2 is 2.06 bits per heavy atom. The summed E-state index contributed by atoms with van der Waals surface area (Å²) in [6.07, 6.45) is 1.12. The van der Waals surface area contributed by atoms with Crippen LogP contribution in [0.2, 0.25) is 0 Å². The fourth-order valence-corrected chi connectivity index (χ4v) is 1.24. The Labute approximate surface area is 94.3 Å². The molecule has 0 radical (unpaired) electrons. The molecule has 0 aromatic carbocycles. The van der Waals surface area contributed by atoms with Crippen LogP contribution in [0.1, 0.15) is 26.7 Å². The standard InChI is InChI=1S/C10H18N2O4/c1-7(2)16-6-5-11-9(15)12-10(3-4-10)8(13)14/h7H,3-6H2,1-2H3,(H,13,14)(H2,11,12,15). The number of hydrogen-bond donors (Lipinski definition) is 3. The smallest absolute Gasteiger partial charge is 0.329 e. The number of urea groups is 1. The monoisotopic (exact) mass is 230 g/mol. The molecule has 0 bridgehead atoms. The lowest BCUT2D eigenvalue weighted by molar-refractivity contribution is -0.140. The third kappa shape index (κ3) is 3.69. The minimum absolute atomic E-state index is 0.124. The van der Waals surface area contributed by atoms with E-state index < -0.39 is 17.5 Å². The lowest BCUT2D eigenvalue weighted by Crippen LogP contribution is -2.48. The summed E-state index contributed by atoms with van der Waals surface area (Å²) in [5.74, 6) is -0.971. The lowest BCUT2D eigenvalue weighted by Gasteiger charge is -2.13. The van der Waals surface area contributed by atoms with Crippen molar-refractivity contribution >= 4 is 12.0 Å². The molecule has 1 fully saturated rings. The molecule has 0 saturated heterocycles. The summed E-state index contributed by atoms with van der Waals surface area (Å²) in [4.78, 5) is 22.1. The quantitative estimate of drug-likeness (QED) is 0.574. The summed E-state index contributed by atoms with van der Waals surface area (Å²) in [6, 6.07) is -0.452. The van der Waals surface area contributed by atoms with Crippen LogP contribution in [0.25, 0.3) is 0 Å². The first-order valence-electron chi connectivity index (χ1n) is 5.37. The van der Waals surface area contributed by atoms with E-state index in [1.54, 1.807) is 0 Å². The second kappa shape index (κ2) is 5.16. The zero-order valence-electron chi connectivity index (χ0n) is 9.58. The highest BCUT2D eigenvalue weighted by molar-refractivity contribution is 5.88. The van der Waals surface area contributed by atoms with Gasteiger partial charge in [-0.1, -0.05) is 0 Å². The number of rotatable bonds is 6. The zero-order valence-corrected chi connectivity index (χ0v) is 9.58. The van der Waals surface area contributed by atoms with Gasteiger partial charge in [-0.3, -0.25) is 0 Å². The van der Waals surface area contributed by atoms with Crippen LogP contribution in [0.15, 0.2) is 0 Å². The van der Waals surface area contributed by atoms with Gasteiger partial charge in [-0.05, 0) is 26.7 Å². The van der Waals surface area contributed by atoms with Crippen LogP contribution in [0.3, 0.4) is 0 Å². The molecule has 0 spiro atoms. The first kappa shape index (κ1) is 12.8. The molecule has 92 valence electrons. The molecule has 0 heterocycles. The number of carboxylic acid groups (broad SMARTS) is 1. The molecule has 0 unspecified atom stereocenters. The van der Waals surface area contributed by atoms with Gasteiger partial charge in [0.1, 0.15) is 5.54 Å². The fraction of sp³-hybridized carbons (Fsp3) is 0.800. The summed E-state index contributed by atoms with van der Waals surface area (Å²) in [5.41, 5.74) is -1.02. The summed E-state index contributed by atoms with van der Waals surface area (Å²) in [5, 5.41) is 13.8. The van der Waals surface area contributed by atoms with Gasteiger partial charge in [0.15, 0.2) is 0 Å². The van der Waals surface area contributed by atoms with Gasteiger partial charge in [-0.15, -0.1) is 0 Å². The van der Waals surface area contributed by atoms with Crippen molar-refractivity contribution in [2.45, 2.75) is 38.3 Å². The van der Waals surface area contributed by atoms with Crippen molar-refractivity contribution in [1.29, 1.82) is 0 Å². The van der Waals surface area contributed by atoms with Crippen LogP contribution in [-0.2, 0) is 9.53 Å². The van der Waals surface area contributed by atoms with Gasteiger partial charge in [0.05, 0.1) is 12.7 Å². The van der Waals surface area contributed by atoms with E-state index in [2.05, 4.69) is 10.6 Å². The summed E-state index contributed by atoms with van der Waals surface area (Å²) in [7, 11) is 0. The maximum Gasteiger partial charge on any atom is 0.329 e. The second-order valence-electron chi connectivity index (χ2n) is 4.19. The number of aliphatic carboxylic acids is 1. The first-order valence-corrected chi connectivity index (χ1v) is 5.37. The number of ether oxygens (including phenoxy) is 1. The molecule has 16 heavy (non-hydrogen) atoms. The van der Waals surface area contributed by atoms with Gasteiger partial charge in [0.2, 0.25) is 0 Å². The van der Waals surface area contributed by atoms with E-state index in [9.17, 15) is 9.59 Å². The third-order valence-corrected chi connectivity index (χ3v) is 2.35. The average Bonchev–Trinajstić information content (AvgIpc) is 2.93. The molecule has 1 saturated carbocycles. The molecule has 3 N–H and O–H groups in total. The van der Waals surface area contributed by atoms with Gasteiger partial charge < -0.3 is 20.5 Å². The molecule has 1 aliphatic carbocycles. The highest BCUT2D eigenvalue weighted by Crippen LogP contribution is 2.35. The van der Waals surface area contributed by atoms with Crippen molar-refractivity contribution in [3.8, 4) is 0 Å². The molecule has 1 aliphatic rings. The second-order valence-corrected chi connectivity index (χ2v) is 4.19. The normalized spacial score (nSPS) is 16.9. The zero-order chi connectivity index (χ0) is 12.2. The van der Waals surface area contributed by atoms with Gasteiger partial charge in [-0.25, -0.2) is 9.59 Å². The van der Waals surface area contributed by atoms with Crippen LogP contribution in [-0.4, -0.2) is 41.9 Å². The van der Waals surface area contributed by atoms with Crippen molar-refractivity contribution in [2.24, 2.45) is 0 Å². The molecule has 2 amide bonds. The molecule has 0 aromatic heterocycles. The van der Waals surface area contributed by atoms with Crippen molar-refractivity contribution in [1.82, 2.24) is 10.6 Å². The van der Waals surface area contributed by atoms with Crippen LogP contribution in [0.5, 0.6) is 0 Å². The van der Waals surface area contributed by atoms with E-state index in [0.29, 0.717) is 26.0 Å². The average molecular weight is 230 g/mol. The van der Waals surface area contributed by atoms with Crippen molar-refractivity contribution in [3.63, 3.8) is 0 Å². The lowest BCUT2D eigenvalue weighted by atomic mass is 10.3. The molecule has 6 nitrogen and oxygen atoms in total. The van der Waals surface area contributed by atoms with Crippen molar-refractivity contribution in [3.05, 3.63) is 0 Å². The number of carboxylic acids is 1. The Hall–Kier alpha value is -1.30. The topological polar surface area (TPSA) is 87.7 Å². The Kier molecular flexibility index (Phi) is 4.12. The van der Waals surface area contributed by atoms with E-state index in [4.69, 9.17) is 9.84 Å². The predicted octanol–water partition coefficient (Wildman–Crippen LogP) is 0.328. The van der Waals surface area contributed by atoms with E-state index in [1.165, 1.54) is 0 Å². The molecular weight excluding hydrogens is 212 g/mol. The van der Waals surface area contributed by atoms with E-state index in [-0.39, 0.29) is 6.10 Å². The predicted molar refractivity (Wildman–Crippen MR) is 57.2 cm³/mol. The van der Waals surface area contributed by atoms with E-state index in [1.807, 2.05) is 13.8 Å². The number of carbonyl (C=O) groups excluding carboxylic acids is 1.